The van der Waals surface area contributed by atoms with Crippen LogP contribution in [0.15, 0.2) is 9.95 Å². The zero-order valence-electron chi connectivity index (χ0n) is 10.9. The lowest BCUT2D eigenvalue weighted by Gasteiger charge is -2.17. The van der Waals surface area contributed by atoms with Crippen LogP contribution < -0.4 is 11.4 Å². The van der Waals surface area contributed by atoms with Gasteiger partial charge in [-0.25, -0.2) is 9.89 Å². The molecule has 6 heteroatoms. The van der Waals surface area contributed by atoms with E-state index in [4.69, 9.17) is 5.73 Å². The maximum Gasteiger partial charge on any atom is 0.343 e. The van der Waals surface area contributed by atoms with Crippen LogP contribution in [0, 0.1) is 5.92 Å². The van der Waals surface area contributed by atoms with Gasteiger partial charge >= 0.3 is 5.69 Å². The molecule has 1 aromatic rings. The topological polar surface area (TPSA) is 76.7 Å². The average Bonchev–Trinajstić information content (AvgIpc) is 2.99. The number of aromatic amines is 1. The predicted octanol–water partition coefficient (Wildman–Crippen LogP) is 1.59. The molecule has 18 heavy (non-hydrogen) atoms. The fourth-order valence-electron chi connectivity index (χ4n) is 2.53. The smallest absolute Gasteiger partial charge is 0.327 e. The molecular formula is C12H22N4OS. The number of nitrogens with one attached hydrogen (secondary N) is 1. The summed E-state index contributed by atoms with van der Waals surface area (Å²) in [7, 11) is 0. The number of H-pyrrole nitrogens is 1. The maximum atomic E-state index is 11.5. The molecule has 0 amide bonds. The Morgan fingerprint density at radius 3 is 2.94 bits per heavy atom. The number of aromatic nitrogens is 3. The number of hydrogen-bond donors (Lipinski definition) is 2. The summed E-state index contributed by atoms with van der Waals surface area (Å²) < 4.78 is 1.70. The molecule has 102 valence electrons. The largest absolute Gasteiger partial charge is 0.343 e. The third kappa shape index (κ3) is 3.17. The standard InChI is InChI=1S/C12H22N4OS/c1-2-7-16-11(17)14-15-12(16)18-8-10(13)9-5-3-4-6-9/h9-10H,2-8,13H2,1H3,(H,14,17). The van der Waals surface area contributed by atoms with Gasteiger partial charge in [-0.15, -0.1) is 5.10 Å². The van der Waals surface area contributed by atoms with Crippen LogP contribution in [0.1, 0.15) is 39.0 Å². The molecule has 1 aliphatic rings. The Kier molecular flexibility index (Phi) is 4.88. The monoisotopic (exact) mass is 270 g/mol. The van der Waals surface area contributed by atoms with Crippen molar-refractivity contribution in [3.05, 3.63) is 10.5 Å². The van der Waals surface area contributed by atoms with Crippen molar-refractivity contribution in [1.29, 1.82) is 0 Å². The first-order chi connectivity index (χ1) is 8.72. The van der Waals surface area contributed by atoms with Crippen molar-refractivity contribution in [1.82, 2.24) is 14.8 Å². The fraction of sp³-hybridized carbons (Fsp3) is 0.833. The second-order valence-electron chi connectivity index (χ2n) is 4.98. The Morgan fingerprint density at radius 2 is 2.28 bits per heavy atom. The van der Waals surface area contributed by atoms with Gasteiger partial charge in [-0.3, -0.25) is 4.57 Å². The first-order valence-corrected chi connectivity index (χ1v) is 7.74. The molecule has 0 spiro atoms. The normalized spacial score (nSPS) is 18.3. The SMILES string of the molecule is CCCn1c(SCC(N)C2CCCC2)n[nH]c1=O. The molecule has 0 radical (unpaired) electrons. The van der Waals surface area contributed by atoms with Crippen molar-refractivity contribution in [2.75, 3.05) is 5.75 Å². The van der Waals surface area contributed by atoms with Gasteiger partial charge in [0.05, 0.1) is 0 Å². The van der Waals surface area contributed by atoms with Crippen molar-refractivity contribution < 1.29 is 0 Å². The molecule has 0 saturated heterocycles. The lowest BCUT2D eigenvalue weighted by molar-refractivity contribution is 0.463. The van der Waals surface area contributed by atoms with Crippen molar-refractivity contribution >= 4 is 11.8 Å². The zero-order chi connectivity index (χ0) is 13.0. The van der Waals surface area contributed by atoms with Gasteiger partial charge in [0.15, 0.2) is 5.16 Å². The minimum absolute atomic E-state index is 0.117. The van der Waals surface area contributed by atoms with E-state index >= 15 is 0 Å². The Bertz CT molecular complexity index is 422. The van der Waals surface area contributed by atoms with Crippen LogP contribution in [0.5, 0.6) is 0 Å². The van der Waals surface area contributed by atoms with Crippen LogP contribution in [-0.2, 0) is 6.54 Å². The number of hydrogen-bond acceptors (Lipinski definition) is 4. The highest BCUT2D eigenvalue weighted by molar-refractivity contribution is 7.99. The van der Waals surface area contributed by atoms with E-state index in [1.54, 1.807) is 16.3 Å². The van der Waals surface area contributed by atoms with E-state index in [0.717, 1.165) is 23.9 Å². The summed E-state index contributed by atoms with van der Waals surface area (Å²) in [6.07, 6.45) is 6.06. The first-order valence-electron chi connectivity index (χ1n) is 6.76. The van der Waals surface area contributed by atoms with E-state index < -0.39 is 0 Å². The summed E-state index contributed by atoms with van der Waals surface area (Å²) in [4.78, 5) is 11.5. The highest BCUT2D eigenvalue weighted by Gasteiger charge is 2.22. The molecule has 1 fully saturated rings. The molecule has 0 bridgehead atoms. The van der Waals surface area contributed by atoms with E-state index in [2.05, 4.69) is 17.1 Å². The molecule has 1 aromatic heterocycles. The Morgan fingerprint density at radius 1 is 1.56 bits per heavy atom. The first kappa shape index (κ1) is 13.7. The summed E-state index contributed by atoms with van der Waals surface area (Å²) in [5.41, 5.74) is 6.09. The van der Waals surface area contributed by atoms with Crippen molar-refractivity contribution in [3.8, 4) is 0 Å². The van der Waals surface area contributed by atoms with Gasteiger partial charge in [0.2, 0.25) is 0 Å². The van der Waals surface area contributed by atoms with Crippen molar-refractivity contribution in [3.63, 3.8) is 0 Å². The van der Waals surface area contributed by atoms with Crippen molar-refractivity contribution in [2.24, 2.45) is 11.7 Å². The second kappa shape index (κ2) is 6.43. The summed E-state index contributed by atoms with van der Waals surface area (Å²) >= 11 is 1.60. The van der Waals surface area contributed by atoms with Gasteiger partial charge in [-0.1, -0.05) is 31.5 Å². The lowest BCUT2D eigenvalue weighted by atomic mass is 10.0. The minimum atomic E-state index is -0.117. The quantitative estimate of drug-likeness (QED) is 0.770. The van der Waals surface area contributed by atoms with Gasteiger partial charge in [0.25, 0.3) is 0 Å². The highest BCUT2D eigenvalue weighted by Crippen LogP contribution is 2.29. The van der Waals surface area contributed by atoms with Crippen LogP contribution in [0.2, 0.25) is 0 Å². The number of thioether (sulfide) groups is 1. The molecule has 0 aromatic carbocycles. The summed E-state index contributed by atoms with van der Waals surface area (Å²) in [5.74, 6) is 1.50. The van der Waals surface area contributed by atoms with E-state index in [9.17, 15) is 4.79 Å². The summed E-state index contributed by atoms with van der Waals surface area (Å²) in [5, 5.41) is 7.35. The van der Waals surface area contributed by atoms with Gasteiger partial charge in [-0.2, -0.15) is 0 Å². The van der Waals surface area contributed by atoms with E-state index in [1.807, 2.05) is 0 Å². The lowest BCUT2D eigenvalue weighted by Crippen LogP contribution is -2.31. The average molecular weight is 270 g/mol. The summed E-state index contributed by atoms with van der Waals surface area (Å²) in [6, 6.07) is 0.222. The molecule has 3 N–H and O–H groups in total. The highest BCUT2D eigenvalue weighted by atomic mass is 32.2. The van der Waals surface area contributed by atoms with E-state index in [1.165, 1.54) is 25.7 Å². The number of nitrogens with zero attached hydrogens (tertiary/aromatic N) is 2. The van der Waals surface area contributed by atoms with Gasteiger partial charge in [0.1, 0.15) is 0 Å². The van der Waals surface area contributed by atoms with E-state index in [0.29, 0.717) is 5.92 Å². The van der Waals surface area contributed by atoms with Crippen LogP contribution in [0.3, 0.4) is 0 Å². The maximum absolute atomic E-state index is 11.5. The third-order valence-electron chi connectivity index (χ3n) is 3.58. The zero-order valence-corrected chi connectivity index (χ0v) is 11.7. The Labute approximate surface area is 112 Å². The fourth-order valence-corrected chi connectivity index (χ4v) is 3.58. The molecule has 1 saturated carbocycles. The predicted molar refractivity (Wildman–Crippen MR) is 73.8 cm³/mol. The van der Waals surface area contributed by atoms with Crippen molar-refractivity contribution in [2.45, 2.75) is 56.8 Å². The molecule has 1 heterocycles. The molecule has 0 aliphatic heterocycles. The molecule has 1 aliphatic carbocycles. The summed E-state index contributed by atoms with van der Waals surface area (Å²) in [6.45, 7) is 2.77. The molecule has 1 unspecified atom stereocenters. The van der Waals surface area contributed by atoms with Gasteiger partial charge in [0, 0.05) is 18.3 Å². The number of nitrogens with two attached hydrogens (primary N) is 1. The number of rotatable bonds is 6. The van der Waals surface area contributed by atoms with Crippen LogP contribution in [-0.4, -0.2) is 26.6 Å². The minimum Gasteiger partial charge on any atom is -0.327 e. The Hall–Kier alpha value is -0.750. The Balaban J connectivity index is 1.91. The van der Waals surface area contributed by atoms with Gasteiger partial charge in [-0.05, 0) is 25.2 Å². The third-order valence-corrected chi connectivity index (χ3v) is 4.70. The molecular weight excluding hydrogens is 248 g/mol. The molecule has 1 atom stereocenters. The molecule has 5 nitrogen and oxygen atoms in total. The van der Waals surface area contributed by atoms with Crippen LogP contribution >= 0.6 is 11.8 Å². The van der Waals surface area contributed by atoms with Gasteiger partial charge < -0.3 is 5.73 Å². The molecule has 2 rings (SSSR count). The second-order valence-corrected chi connectivity index (χ2v) is 5.97. The van der Waals surface area contributed by atoms with Crippen LogP contribution in [0.25, 0.3) is 0 Å². The van der Waals surface area contributed by atoms with E-state index in [-0.39, 0.29) is 11.7 Å². The van der Waals surface area contributed by atoms with Crippen LogP contribution in [0.4, 0.5) is 0 Å².